The maximum Gasteiger partial charge on any atom is 0.326 e. The molecule has 0 aromatic rings. The molecule has 0 heterocycles. The van der Waals surface area contributed by atoms with Gasteiger partial charge in [0.25, 0.3) is 0 Å². The summed E-state index contributed by atoms with van der Waals surface area (Å²) < 4.78 is 0. The van der Waals surface area contributed by atoms with Gasteiger partial charge in [-0.05, 0) is 6.42 Å². The Labute approximate surface area is 94.8 Å². The van der Waals surface area contributed by atoms with E-state index in [9.17, 15) is 9.59 Å². The van der Waals surface area contributed by atoms with E-state index in [1.165, 1.54) is 0 Å². The highest BCUT2D eigenvalue weighted by atomic mass is 16.4. The number of aliphatic hydroxyl groups is 1. The van der Waals surface area contributed by atoms with Gasteiger partial charge in [0.05, 0.1) is 0 Å². The Bertz CT molecular complexity index is 233. The lowest BCUT2D eigenvalue weighted by atomic mass is 10.1. The summed E-state index contributed by atoms with van der Waals surface area (Å²) >= 11 is 0. The van der Waals surface area contributed by atoms with Crippen LogP contribution in [0.25, 0.3) is 0 Å². The molecule has 1 unspecified atom stereocenters. The second-order valence-electron chi connectivity index (χ2n) is 3.72. The second-order valence-corrected chi connectivity index (χ2v) is 3.72. The van der Waals surface area contributed by atoms with Crippen LogP contribution in [0.4, 0.5) is 0 Å². The van der Waals surface area contributed by atoms with E-state index in [1.54, 1.807) is 0 Å². The molecule has 0 saturated carbocycles. The van der Waals surface area contributed by atoms with Crippen LogP contribution in [0.3, 0.4) is 0 Å². The average Bonchev–Trinajstić information content (AvgIpc) is 2.16. The van der Waals surface area contributed by atoms with Crippen molar-refractivity contribution in [2.75, 3.05) is 6.61 Å². The number of amides is 1. The maximum absolute atomic E-state index is 11.4. The number of nitrogens with one attached hydrogen (secondary N) is 1. The zero-order valence-corrected chi connectivity index (χ0v) is 9.48. The van der Waals surface area contributed by atoms with Gasteiger partial charge >= 0.3 is 5.97 Å². The summed E-state index contributed by atoms with van der Waals surface area (Å²) in [5.74, 6) is -1.53. The molecule has 0 saturated heterocycles. The number of rotatable bonds is 8. The molecule has 6 nitrogen and oxygen atoms in total. The highest BCUT2D eigenvalue weighted by Gasteiger charge is 2.19. The molecule has 6 heteroatoms. The first-order valence-corrected chi connectivity index (χ1v) is 5.39. The molecule has 1 amide bonds. The van der Waals surface area contributed by atoms with Crippen LogP contribution in [0.1, 0.15) is 32.6 Å². The molecule has 0 aromatic carbocycles. The zero-order chi connectivity index (χ0) is 12.6. The normalized spacial score (nSPS) is 14.2. The first-order valence-electron chi connectivity index (χ1n) is 5.39. The first-order chi connectivity index (χ1) is 7.51. The van der Waals surface area contributed by atoms with E-state index in [0.29, 0.717) is 0 Å². The molecule has 0 fully saturated rings. The SMILES string of the molecule is CCCC(N)CC(=O)N[C@@H](CCO)C(=O)O. The summed E-state index contributed by atoms with van der Waals surface area (Å²) in [6, 6.07) is -1.28. The van der Waals surface area contributed by atoms with Crippen molar-refractivity contribution in [1.29, 1.82) is 0 Å². The molecule has 94 valence electrons. The predicted octanol–water partition coefficient (Wildman–Crippen LogP) is -0.544. The average molecular weight is 232 g/mol. The summed E-state index contributed by atoms with van der Waals surface area (Å²) in [4.78, 5) is 22.1. The Balaban J connectivity index is 4.04. The van der Waals surface area contributed by atoms with Gasteiger partial charge in [-0.2, -0.15) is 0 Å². The van der Waals surface area contributed by atoms with Gasteiger partial charge in [-0.25, -0.2) is 4.79 Å². The largest absolute Gasteiger partial charge is 0.480 e. The van der Waals surface area contributed by atoms with E-state index in [4.69, 9.17) is 15.9 Å². The van der Waals surface area contributed by atoms with Gasteiger partial charge < -0.3 is 21.3 Å². The quantitative estimate of drug-likeness (QED) is 0.449. The van der Waals surface area contributed by atoms with Gasteiger partial charge in [-0.15, -0.1) is 0 Å². The van der Waals surface area contributed by atoms with Crippen molar-refractivity contribution < 1.29 is 19.8 Å². The summed E-state index contributed by atoms with van der Waals surface area (Å²) in [7, 11) is 0. The van der Waals surface area contributed by atoms with E-state index in [1.807, 2.05) is 6.92 Å². The summed E-state index contributed by atoms with van der Waals surface area (Å²) in [5.41, 5.74) is 5.65. The third-order valence-corrected chi connectivity index (χ3v) is 2.16. The molecule has 5 N–H and O–H groups in total. The minimum Gasteiger partial charge on any atom is -0.480 e. The Morgan fingerprint density at radius 3 is 2.44 bits per heavy atom. The van der Waals surface area contributed by atoms with Crippen LogP contribution in [-0.4, -0.2) is 40.8 Å². The van der Waals surface area contributed by atoms with Crippen molar-refractivity contribution in [3.8, 4) is 0 Å². The van der Waals surface area contributed by atoms with E-state index >= 15 is 0 Å². The Kier molecular flexibility index (Phi) is 7.49. The minimum absolute atomic E-state index is 0.00406. The molecule has 0 aliphatic carbocycles. The van der Waals surface area contributed by atoms with Crippen LogP contribution in [0.15, 0.2) is 0 Å². The lowest BCUT2D eigenvalue weighted by Crippen LogP contribution is -2.43. The standard InChI is InChI=1S/C10H20N2O4/c1-2-3-7(11)6-9(14)12-8(4-5-13)10(15)16/h7-8,13H,2-6,11H2,1H3,(H,12,14)(H,15,16)/t7?,8-/m0/s1. The fourth-order valence-electron chi connectivity index (χ4n) is 1.35. The number of aliphatic carboxylic acids is 1. The Morgan fingerprint density at radius 1 is 1.38 bits per heavy atom. The van der Waals surface area contributed by atoms with Gasteiger partial charge in [0, 0.05) is 25.5 Å². The summed E-state index contributed by atoms with van der Waals surface area (Å²) in [6.45, 7) is 1.68. The number of carboxylic acid groups (broad SMARTS) is 1. The number of nitrogens with two attached hydrogens (primary N) is 1. The van der Waals surface area contributed by atoms with Gasteiger partial charge in [-0.1, -0.05) is 13.3 Å². The molecule has 2 atom stereocenters. The Morgan fingerprint density at radius 2 is 2.00 bits per heavy atom. The van der Waals surface area contributed by atoms with E-state index < -0.39 is 12.0 Å². The fourth-order valence-corrected chi connectivity index (χ4v) is 1.35. The van der Waals surface area contributed by atoms with Crippen molar-refractivity contribution in [1.82, 2.24) is 5.32 Å². The zero-order valence-electron chi connectivity index (χ0n) is 9.48. The molecular formula is C10H20N2O4. The molecule has 0 spiro atoms. The summed E-state index contributed by atoms with van der Waals surface area (Å²) in [6.07, 6.45) is 1.73. The van der Waals surface area contributed by atoms with Gasteiger partial charge in [-0.3, -0.25) is 4.79 Å². The molecule has 0 radical (unpaired) electrons. The number of carbonyl (C=O) groups excluding carboxylic acids is 1. The lowest BCUT2D eigenvalue weighted by molar-refractivity contribution is -0.142. The van der Waals surface area contributed by atoms with Crippen LogP contribution in [-0.2, 0) is 9.59 Å². The third kappa shape index (κ3) is 6.36. The topological polar surface area (TPSA) is 113 Å². The highest BCUT2D eigenvalue weighted by molar-refractivity contribution is 5.83. The van der Waals surface area contributed by atoms with E-state index in [-0.39, 0.29) is 31.4 Å². The maximum atomic E-state index is 11.4. The lowest BCUT2D eigenvalue weighted by Gasteiger charge is -2.15. The third-order valence-electron chi connectivity index (χ3n) is 2.16. The molecule has 0 aliphatic heterocycles. The summed E-state index contributed by atoms with van der Waals surface area (Å²) in [5, 5.41) is 19.7. The number of hydrogen-bond acceptors (Lipinski definition) is 4. The fraction of sp³-hybridized carbons (Fsp3) is 0.800. The molecule has 16 heavy (non-hydrogen) atoms. The van der Waals surface area contributed by atoms with Crippen LogP contribution in [0, 0.1) is 0 Å². The molecular weight excluding hydrogens is 212 g/mol. The van der Waals surface area contributed by atoms with Crippen molar-refractivity contribution in [2.24, 2.45) is 5.73 Å². The smallest absolute Gasteiger partial charge is 0.326 e. The van der Waals surface area contributed by atoms with Crippen molar-refractivity contribution >= 4 is 11.9 Å². The number of carbonyl (C=O) groups is 2. The number of aliphatic hydroxyl groups excluding tert-OH is 1. The van der Waals surface area contributed by atoms with Crippen LogP contribution in [0.2, 0.25) is 0 Å². The highest BCUT2D eigenvalue weighted by Crippen LogP contribution is 1.99. The Hall–Kier alpha value is -1.14. The van der Waals surface area contributed by atoms with E-state index in [2.05, 4.69) is 5.32 Å². The molecule has 0 rings (SSSR count). The molecule has 0 aromatic heterocycles. The van der Waals surface area contributed by atoms with Gasteiger partial charge in [0.15, 0.2) is 0 Å². The van der Waals surface area contributed by atoms with Crippen molar-refractivity contribution in [2.45, 2.75) is 44.7 Å². The van der Waals surface area contributed by atoms with Gasteiger partial charge in [0.1, 0.15) is 6.04 Å². The molecule has 0 aliphatic rings. The number of carboxylic acids is 1. The van der Waals surface area contributed by atoms with E-state index in [0.717, 1.165) is 12.8 Å². The van der Waals surface area contributed by atoms with Crippen LogP contribution in [0.5, 0.6) is 0 Å². The predicted molar refractivity (Wildman–Crippen MR) is 58.8 cm³/mol. The van der Waals surface area contributed by atoms with Crippen molar-refractivity contribution in [3.05, 3.63) is 0 Å². The number of hydrogen-bond donors (Lipinski definition) is 4. The van der Waals surface area contributed by atoms with Crippen molar-refractivity contribution in [3.63, 3.8) is 0 Å². The first kappa shape index (κ1) is 14.9. The minimum atomic E-state index is -1.15. The second kappa shape index (κ2) is 8.06. The molecule has 0 bridgehead atoms. The van der Waals surface area contributed by atoms with Crippen LogP contribution >= 0.6 is 0 Å². The van der Waals surface area contributed by atoms with Gasteiger partial charge in [0.2, 0.25) is 5.91 Å². The monoisotopic (exact) mass is 232 g/mol. The van der Waals surface area contributed by atoms with Crippen LogP contribution < -0.4 is 11.1 Å².